The van der Waals surface area contributed by atoms with E-state index < -0.39 is 6.04 Å². The van der Waals surface area contributed by atoms with E-state index in [2.05, 4.69) is 17.5 Å². The molecule has 2 unspecified atom stereocenters. The molecule has 0 bridgehead atoms. The zero-order chi connectivity index (χ0) is 23.7. The van der Waals surface area contributed by atoms with Crippen molar-refractivity contribution in [3.05, 3.63) is 65.7 Å². The number of ketones is 1. The van der Waals surface area contributed by atoms with Gasteiger partial charge in [0.25, 0.3) is 5.91 Å². The summed E-state index contributed by atoms with van der Waals surface area (Å²) in [5, 5.41) is 3.27. The van der Waals surface area contributed by atoms with Crippen molar-refractivity contribution in [2.45, 2.75) is 44.2 Å². The van der Waals surface area contributed by atoms with Gasteiger partial charge in [0.2, 0.25) is 24.4 Å². The molecule has 1 aromatic rings. The smallest absolute Gasteiger partial charge is 0.255 e. The summed E-state index contributed by atoms with van der Waals surface area (Å²) in [4.78, 5) is 42.4. The van der Waals surface area contributed by atoms with Gasteiger partial charge in [-0.2, -0.15) is 4.58 Å². The molecule has 2 saturated heterocycles. The lowest BCUT2D eigenvalue weighted by Crippen LogP contribution is -2.44. The van der Waals surface area contributed by atoms with Crippen LogP contribution >= 0.6 is 0 Å². The fourth-order valence-electron chi connectivity index (χ4n) is 5.04. The fourth-order valence-corrected chi connectivity index (χ4v) is 5.04. The summed E-state index contributed by atoms with van der Waals surface area (Å²) in [6.45, 7) is 1.20. The first kappa shape index (κ1) is 22.1. The van der Waals surface area contributed by atoms with Gasteiger partial charge in [-0.15, -0.1) is 0 Å². The molecule has 0 saturated carbocycles. The quantitative estimate of drug-likeness (QED) is 0.499. The van der Waals surface area contributed by atoms with E-state index in [-0.39, 0.29) is 30.2 Å². The van der Waals surface area contributed by atoms with Gasteiger partial charge in [-0.3, -0.25) is 19.3 Å². The number of amides is 2. The van der Waals surface area contributed by atoms with Crippen molar-refractivity contribution in [3.8, 4) is 0 Å². The Bertz CT molecular complexity index is 1130. The third-order valence-electron chi connectivity index (χ3n) is 6.86. The molecule has 5 rings (SSSR count). The van der Waals surface area contributed by atoms with Gasteiger partial charge in [0, 0.05) is 12.2 Å². The largest absolute Gasteiger partial charge is 0.399 e. The van der Waals surface area contributed by atoms with E-state index in [1.54, 1.807) is 28.1 Å². The van der Waals surface area contributed by atoms with Gasteiger partial charge in [-0.05, 0) is 49.0 Å². The number of carbonyl (C=O) groups is 3. The second kappa shape index (κ2) is 9.29. The summed E-state index contributed by atoms with van der Waals surface area (Å²) < 4.78 is 1.83. The van der Waals surface area contributed by atoms with E-state index in [1.807, 2.05) is 29.0 Å². The lowest BCUT2D eigenvalue weighted by atomic mass is 10.0. The van der Waals surface area contributed by atoms with Gasteiger partial charge in [0.05, 0.1) is 12.5 Å². The number of Topliss-reactive ketones (excluding diaryl/α,β-unsaturated/α-hetero) is 1. The van der Waals surface area contributed by atoms with Crippen molar-refractivity contribution < 1.29 is 19.0 Å². The summed E-state index contributed by atoms with van der Waals surface area (Å²) in [5.74, 6) is 0.699. The summed E-state index contributed by atoms with van der Waals surface area (Å²) in [7, 11) is 0. The van der Waals surface area contributed by atoms with Gasteiger partial charge in [0.1, 0.15) is 12.6 Å². The Labute approximate surface area is 199 Å². The highest BCUT2D eigenvalue weighted by Crippen LogP contribution is 2.28. The normalized spacial score (nSPS) is 23.8. The summed E-state index contributed by atoms with van der Waals surface area (Å²) >= 11 is 0. The molecule has 176 valence electrons. The molecule has 34 heavy (non-hydrogen) atoms. The minimum Gasteiger partial charge on any atom is -0.399 e. The van der Waals surface area contributed by atoms with Crippen molar-refractivity contribution in [3.63, 3.8) is 0 Å². The molecule has 8 heteroatoms. The molecule has 3 heterocycles. The monoisotopic (exact) mass is 460 g/mol. The predicted molar refractivity (Wildman–Crippen MR) is 129 cm³/mol. The molecule has 1 aromatic carbocycles. The number of hydrogen-bond acceptors (Lipinski definition) is 5. The molecule has 4 aliphatic rings. The maximum Gasteiger partial charge on any atom is 0.255 e. The molecule has 3 aliphatic heterocycles. The van der Waals surface area contributed by atoms with Gasteiger partial charge in [0.15, 0.2) is 12.0 Å². The lowest BCUT2D eigenvalue weighted by molar-refractivity contribution is -0.445. The first-order valence-electron chi connectivity index (χ1n) is 11.9. The van der Waals surface area contributed by atoms with Gasteiger partial charge >= 0.3 is 0 Å². The van der Waals surface area contributed by atoms with E-state index in [4.69, 9.17) is 5.73 Å². The van der Waals surface area contributed by atoms with Crippen molar-refractivity contribution >= 4 is 29.5 Å². The van der Waals surface area contributed by atoms with Crippen LogP contribution in [-0.2, 0) is 14.4 Å². The molecule has 0 radical (unpaired) electrons. The molecular weight excluding hydrogens is 430 g/mol. The van der Waals surface area contributed by atoms with Gasteiger partial charge in [-0.1, -0.05) is 30.4 Å². The van der Waals surface area contributed by atoms with Crippen molar-refractivity contribution in [1.29, 1.82) is 0 Å². The number of likely N-dealkylation sites (tertiary alicyclic amines) is 1. The number of hydrogen-bond donors (Lipinski definition) is 2. The molecule has 1 aliphatic carbocycles. The molecule has 2 atom stereocenters. The number of anilines is 1. The fraction of sp³-hybridized carbons (Fsp3) is 0.385. The molecular formula is C26H30N5O3+. The number of rotatable bonds is 6. The van der Waals surface area contributed by atoms with Crippen LogP contribution in [0.2, 0.25) is 0 Å². The van der Waals surface area contributed by atoms with Crippen LogP contribution in [0, 0.1) is 0 Å². The molecule has 3 N–H and O–H groups in total. The SMILES string of the molecule is Nc1ccc(C2NC3=C[N+](CC(=O)C4CCCN4C(=O)CC4=CCCC=C4)=CCN3C2=O)cc1. The molecule has 0 aromatic heterocycles. The Hall–Kier alpha value is -3.68. The highest BCUT2D eigenvalue weighted by Gasteiger charge is 2.41. The third-order valence-corrected chi connectivity index (χ3v) is 6.86. The van der Waals surface area contributed by atoms with E-state index in [0.717, 1.165) is 30.4 Å². The minimum atomic E-state index is -0.470. The maximum atomic E-state index is 13.2. The highest BCUT2D eigenvalue weighted by molar-refractivity contribution is 5.92. The Balaban J connectivity index is 1.23. The standard InChI is InChI=1S/C26H30N5O3/c27-20-10-8-19(9-11-20)25-26(34)31-14-13-29(17-23(31)28-25)16-22(32)21-7-4-12-30(21)24(33)15-18-5-2-1-3-6-18/h2,5-6,8-11,13,17,21,25,28H,1,3-4,7,12,14-16,27H2/q+1. The molecule has 0 spiro atoms. The van der Waals surface area contributed by atoms with Gasteiger partial charge < -0.3 is 16.0 Å². The zero-order valence-electron chi connectivity index (χ0n) is 19.2. The van der Waals surface area contributed by atoms with Crippen molar-refractivity contribution in [1.82, 2.24) is 15.1 Å². The number of nitrogen functional groups attached to an aromatic ring is 1. The number of nitrogens with two attached hydrogens (primary N) is 1. The second-order valence-electron chi connectivity index (χ2n) is 9.21. The third kappa shape index (κ3) is 4.40. The number of carbonyl (C=O) groups excluding carboxylic acids is 3. The first-order valence-corrected chi connectivity index (χ1v) is 11.9. The molecule has 2 fully saturated rings. The van der Waals surface area contributed by atoms with Crippen LogP contribution in [0.1, 0.15) is 43.7 Å². The number of benzene rings is 1. The maximum absolute atomic E-state index is 13.2. The second-order valence-corrected chi connectivity index (χ2v) is 9.21. The summed E-state index contributed by atoms with van der Waals surface area (Å²) in [5.41, 5.74) is 8.30. The van der Waals surface area contributed by atoms with Crippen molar-refractivity contribution in [2.75, 3.05) is 25.4 Å². The first-order chi connectivity index (χ1) is 16.5. The van der Waals surface area contributed by atoms with Crippen LogP contribution in [0.15, 0.2) is 60.1 Å². The Morgan fingerprint density at radius 2 is 2.00 bits per heavy atom. The van der Waals surface area contributed by atoms with E-state index in [0.29, 0.717) is 37.4 Å². The predicted octanol–water partition coefficient (Wildman–Crippen LogP) is 1.86. The number of nitrogens with zero attached hydrogens (tertiary/aromatic N) is 3. The van der Waals surface area contributed by atoms with Crippen molar-refractivity contribution in [2.24, 2.45) is 0 Å². The van der Waals surface area contributed by atoms with E-state index in [1.165, 1.54) is 0 Å². The van der Waals surface area contributed by atoms with Crippen LogP contribution in [0.25, 0.3) is 0 Å². The van der Waals surface area contributed by atoms with Crippen LogP contribution < -0.4 is 11.1 Å². The number of fused-ring (bicyclic) bond motifs is 1. The van der Waals surface area contributed by atoms with E-state index in [9.17, 15) is 14.4 Å². The topological polar surface area (TPSA) is 98.8 Å². The summed E-state index contributed by atoms with van der Waals surface area (Å²) in [6.07, 6.45) is 13.8. The number of nitrogens with one attached hydrogen (secondary N) is 1. The Morgan fingerprint density at radius 3 is 2.76 bits per heavy atom. The number of allylic oxidation sites excluding steroid dienone is 3. The van der Waals surface area contributed by atoms with Gasteiger partial charge in [-0.25, -0.2) is 0 Å². The minimum absolute atomic E-state index is 0.0233. The Kier molecular flexibility index (Phi) is 6.04. The summed E-state index contributed by atoms with van der Waals surface area (Å²) in [6, 6.07) is 6.40. The molecule has 2 amide bonds. The van der Waals surface area contributed by atoms with Crippen LogP contribution in [0.3, 0.4) is 0 Å². The zero-order valence-corrected chi connectivity index (χ0v) is 19.2. The lowest BCUT2D eigenvalue weighted by Gasteiger charge is -2.24. The van der Waals surface area contributed by atoms with Crippen LogP contribution in [0.4, 0.5) is 5.69 Å². The average Bonchev–Trinajstić information content (AvgIpc) is 3.46. The molecule has 8 nitrogen and oxygen atoms in total. The van der Waals surface area contributed by atoms with Crippen LogP contribution in [0.5, 0.6) is 0 Å². The highest BCUT2D eigenvalue weighted by atomic mass is 16.2. The van der Waals surface area contributed by atoms with E-state index >= 15 is 0 Å². The average molecular weight is 461 g/mol. The Morgan fingerprint density at radius 1 is 1.18 bits per heavy atom. The van der Waals surface area contributed by atoms with Crippen LogP contribution in [-0.4, -0.2) is 63.9 Å².